The molecule has 0 spiro atoms. The maximum atomic E-state index is 10.7. The molecular weight excluding hydrogens is 168 g/mol. The Morgan fingerprint density at radius 1 is 1.69 bits per heavy atom. The van der Waals surface area contributed by atoms with Crippen LogP contribution in [0.1, 0.15) is 32.6 Å². The highest BCUT2D eigenvalue weighted by Gasteiger charge is 2.28. The van der Waals surface area contributed by atoms with Crippen LogP contribution in [0, 0.1) is 0 Å². The van der Waals surface area contributed by atoms with Gasteiger partial charge in [-0.25, -0.2) is 0 Å². The fourth-order valence-corrected chi connectivity index (χ4v) is 1.80. The van der Waals surface area contributed by atoms with Gasteiger partial charge >= 0.3 is 0 Å². The quantitative estimate of drug-likeness (QED) is 0.656. The lowest BCUT2D eigenvalue weighted by molar-refractivity contribution is -0.119. The number of ether oxygens (including phenoxy) is 1. The molecule has 0 aromatic carbocycles. The number of nitrogens with two attached hydrogens (primary N) is 2. The van der Waals surface area contributed by atoms with Gasteiger partial charge in [-0.1, -0.05) is 0 Å². The van der Waals surface area contributed by atoms with Gasteiger partial charge in [-0.05, 0) is 26.2 Å². The van der Waals surface area contributed by atoms with E-state index in [1.807, 2.05) is 6.92 Å². The summed E-state index contributed by atoms with van der Waals surface area (Å²) in [5.41, 5.74) is 10.5. The standard InChI is InChI=1S/C9H18N2O2/c1-9(11,6-8(10)12)5-7-3-2-4-13-7/h7H,2-6,11H2,1H3,(H2,10,12). The second kappa shape index (κ2) is 4.07. The minimum absolute atomic E-state index is 0.217. The van der Waals surface area contributed by atoms with E-state index in [-0.39, 0.29) is 18.4 Å². The summed E-state index contributed by atoms with van der Waals surface area (Å²) in [5, 5.41) is 0. The first-order chi connectivity index (χ1) is 5.99. The van der Waals surface area contributed by atoms with E-state index in [2.05, 4.69) is 0 Å². The Kier molecular flexibility index (Phi) is 3.27. The number of rotatable bonds is 4. The smallest absolute Gasteiger partial charge is 0.219 e. The number of hydrogen-bond donors (Lipinski definition) is 2. The Bertz CT molecular complexity index is 186. The molecule has 0 bridgehead atoms. The Hall–Kier alpha value is -0.610. The highest BCUT2D eigenvalue weighted by atomic mass is 16.5. The van der Waals surface area contributed by atoms with Gasteiger partial charge in [-0.2, -0.15) is 0 Å². The molecule has 1 heterocycles. The lowest BCUT2D eigenvalue weighted by Gasteiger charge is -2.25. The molecule has 4 heteroatoms. The van der Waals surface area contributed by atoms with E-state index in [0.29, 0.717) is 0 Å². The molecule has 2 atom stereocenters. The molecule has 0 aromatic rings. The van der Waals surface area contributed by atoms with E-state index in [0.717, 1.165) is 25.9 Å². The van der Waals surface area contributed by atoms with Crippen LogP contribution >= 0.6 is 0 Å². The van der Waals surface area contributed by atoms with Gasteiger partial charge in [0.15, 0.2) is 0 Å². The summed E-state index contributed by atoms with van der Waals surface area (Å²) in [5.74, 6) is -0.344. The highest BCUT2D eigenvalue weighted by molar-refractivity contribution is 5.75. The Balaban J connectivity index is 2.35. The number of primary amides is 1. The van der Waals surface area contributed by atoms with Gasteiger partial charge in [0.1, 0.15) is 0 Å². The van der Waals surface area contributed by atoms with Crippen molar-refractivity contribution in [3.63, 3.8) is 0 Å². The van der Waals surface area contributed by atoms with Gasteiger partial charge < -0.3 is 16.2 Å². The molecule has 1 fully saturated rings. The Morgan fingerprint density at radius 3 is 2.85 bits per heavy atom. The number of carbonyl (C=O) groups is 1. The second-order valence-electron chi connectivity index (χ2n) is 4.14. The zero-order valence-electron chi connectivity index (χ0n) is 8.08. The van der Waals surface area contributed by atoms with Crippen molar-refractivity contribution in [3.8, 4) is 0 Å². The molecule has 4 nitrogen and oxygen atoms in total. The van der Waals surface area contributed by atoms with Crippen LogP contribution in [0.2, 0.25) is 0 Å². The van der Waals surface area contributed by atoms with Crippen LogP contribution in [0.3, 0.4) is 0 Å². The van der Waals surface area contributed by atoms with Crippen LogP contribution in [0.15, 0.2) is 0 Å². The van der Waals surface area contributed by atoms with Gasteiger partial charge in [-0.3, -0.25) is 4.79 Å². The fourth-order valence-electron chi connectivity index (χ4n) is 1.80. The summed E-state index contributed by atoms with van der Waals surface area (Å²) in [6.07, 6.45) is 3.31. The molecule has 2 unspecified atom stereocenters. The molecule has 1 aliphatic rings. The Morgan fingerprint density at radius 2 is 2.38 bits per heavy atom. The lowest BCUT2D eigenvalue weighted by Crippen LogP contribution is -2.43. The van der Waals surface area contributed by atoms with Gasteiger partial charge in [0, 0.05) is 18.6 Å². The molecule has 0 aliphatic carbocycles. The highest BCUT2D eigenvalue weighted by Crippen LogP contribution is 2.22. The zero-order chi connectivity index (χ0) is 9.90. The van der Waals surface area contributed by atoms with Crippen molar-refractivity contribution in [2.24, 2.45) is 11.5 Å². The average molecular weight is 186 g/mol. The largest absolute Gasteiger partial charge is 0.378 e. The third kappa shape index (κ3) is 3.74. The van der Waals surface area contributed by atoms with Crippen molar-refractivity contribution >= 4 is 5.91 Å². The van der Waals surface area contributed by atoms with Crippen LogP contribution in [-0.4, -0.2) is 24.2 Å². The summed E-state index contributed by atoms with van der Waals surface area (Å²) in [6, 6.07) is 0. The van der Waals surface area contributed by atoms with E-state index in [1.165, 1.54) is 0 Å². The van der Waals surface area contributed by atoms with Crippen LogP contribution in [0.25, 0.3) is 0 Å². The third-order valence-electron chi connectivity index (χ3n) is 2.30. The van der Waals surface area contributed by atoms with Crippen LogP contribution < -0.4 is 11.5 Å². The first-order valence-electron chi connectivity index (χ1n) is 4.68. The summed E-state index contributed by atoms with van der Waals surface area (Å²) in [6.45, 7) is 2.66. The average Bonchev–Trinajstić information content (AvgIpc) is 2.34. The lowest BCUT2D eigenvalue weighted by atomic mass is 9.91. The first-order valence-corrected chi connectivity index (χ1v) is 4.68. The molecular formula is C9H18N2O2. The van der Waals surface area contributed by atoms with Crippen molar-refractivity contribution in [2.75, 3.05) is 6.61 Å². The van der Waals surface area contributed by atoms with Gasteiger partial charge in [-0.15, -0.1) is 0 Å². The summed E-state index contributed by atoms with van der Waals surface area (Å²) in [4.78, 5) is 10.7. The summed E-state index contributed by atoms with van der Waals surface area (Å²) < 4.78 is 5.44. The van der Waals surface area contributed by atoms with Gasteiger partial charge in [0.25, 0.3) is 0 Å². The van der Waals surface area contributed by atoms with E-state index >= 15 is 0 Å². The van der Waals surface area contributed by atoms with Crippen molar-refractivity contribution in [3.05, 3.63) is 0 Å². The molecule has 76 valence electrons. The van der Waals surface area contributed by atoms with E-state index in [4.69, 9.17) is 16.2 Å². The maximum Gasteiger partial charge on any atom is 0.219 e. The third-order valence-corrected chi connectivity index (χ3v) is 2.30. The molecule has 0 radical (unpaired) electrons. The molecule has 1 amide bonds. The molecule has 0 aromatic heterocycles. The maximum absolute atomic E-state index is 10.7. The second-order valence-corrected chi connectivity index (χ2v) is 4.14. The Labute approximate surface area is 78.6 Å². The van der Waals surface area contributed by atoms with Crippen molar-refractivity contribution < 1.29 is 9.53 Å². The minimum atomic E-state index is -0.513. The zero-order valence-corrected chi connectivity index (χ0v) is 8.08. The van der Waals surface area contributed by atoms with E-state index in [1.54, 1.807) is 0 Å². The van der Waals surface area contributed by atoms with Crippen LogP contribution in [-0.2, 0) is 9.53 Å². The van der Waals surface area contributed by atoms with Crippen molar-refractivity contribution in [1.29, 1.82) is 0 Å². The van der Waals surface area contributed by atoms with Crippen molar-refractivity contribution in [2.45, 2.75) is 44.2 Å². The van der Waals surface area contributed by atoms with Crippen LogP contribution in [0.5, 0.6) is 0 Å². The summed E-state index contributed by atoms with van der Waals surface area (Å²) >= 11 is 0. The predicted molar refractivity (Wildman–Crippen MR) is 50.0 cm³/mol. The molecule has 4 N–H and O–H groups in total. The number of amides is 1. The van der Waals surface area contributed by atoms with Gasteiger partial charge in [0.05, 0.1) is 6.10 Å². The topological polar surface area (TPSA) is 78.3 Å². The first kappa shape index (κ1) is 10.5. The molecule has 1 rings (SSSR count). The normalized spacial score (nSPS) is 27.1. The molecule has 1 saturated heterocycles. The molecule has 0 saturated carbocycles. The number of carbonyl (C=O) groups excluding carboxylic acids is 1. The van der Waals surface area contributed by atoms with E-state index in [9.17, 15) is 4.79 Å². The predicted octanol–water partition coefficient (Wildman–Crippen LogP) is 0.148. The molecule has 1 aliphatic heterocycles. The summed E-state index contributed by atoms with van der Waals surface area (Å²) in [7, 11) is 0. The van der Waals surface area contributed by atoms with Gasteiger partial charge in [0.2, 0.25) is 5.91 Å². The SMILES string of the molecule is CC(N)(CC(N)=O)CC1CCCO1. The fraction of sp³-hybridized carbons (Fsp3) is 0.889. The van der Waals surface area contributed by atoms with Crippen LogP contribution in [0.4, 0.5) is 0 Å². The molecule has 13 heavy (non-hydrogen) atoms. The van der Waals surface area contributed by atoms with E-state index < -0.39 is 5.54 Å². The number of hydrogen-bond acceptors (Lipinski definition) is 3. The monoisotopic (exact) mass is 186 g/mol. The van der Waals surface area contributed by atoms with Crippen molar-refractivity contribution in [1.82, 2.24) is 0 Å². The minimum Gasteiger partial charge on any atom is -0.378 e.